The van der Waals surface area contributed by atoms with Crippen molar-refractivity contribution in [1.29, 1.82) is 0 Å². The zero-order valence-corrected chi connectivity index (χ0v) is 15.3. The number of ether oxygens (including phenoxy) is 1. The van der Waals surface area contributed by atoms with Gasteiger partial charge in [-0.2, -0.15) is 0 Å². The van der Waals surface area contributed by atoms with Crippen LogP contribution >= 0.6 is 0 Å². The molecule has 148 valence electrons. The fourth-order valence-corrected chi connectivity index (χ4v) is 1.76. The van der Waals surface area contributed by atoms with E-state index in [1.54, 1.807) is 0 Å². The van der Waals surface area contributed by atoms with Crippen LogP contribution in [-0.4, -0.2) is 45.3 Å². The number of carbonyl (C=O) groups is 4. The maximum absolute atomic E-state index is 11.5. The average molecular weight is 372 g/mol. The average Bonchev–Trinajstić information content (AvgIpc) is 2.51. The standard InChI is InChI=1S/C13H22O4.C5H6O4/c1-4-6-8-11(7-5-2)17-13(16)10(3)9-12(14)15;1-3(5(8)9)2-4(6)7/h11H,3-9H2,1-2H3,(H,14,15);1-2H2,(H,6,7)(H,8,9). The van der Waals surface area contributed by atoms with E-state index in [4.69, 9.17) is 20.1 Å². The molecule has 0 rings (SSSR count). The molecule has 0 aliphatic heterocycles. The molecule has 0 spiro atoms. The summed E-state index contributed by atoms with van der Waals surface area (Å²) in [6, 6.07) is 0. The van der Waals surface area contributed by atoms with Gasteiger partial charge in [0.05, 0.1) is 12.8 Å². The number of esters is 1. The van der Waals surface area contributed by atoms with Crippen LogP contribution in [0.3, 0.4) is 0 Å². The lowest BCUT2D eigenvalue weighted by Gasteiger charge is -2.17. The van der Waals surface area contributed by atoms with Gasteiger partial charge in [0.1, 0.15) is 6.10 Å². The van der Waals surface area contributed by atoms with Gasteiger partial charge in [-0.1, -0.05) is 46.3 Å². The third-order valence-electron chi connectivity index (χ3n) is 3.08. The van der Waals surface area contributed by atoms with Gasteiger partial charge in [0.15, 0.2) is 0 Å². The van der Waals surface area contributed by atoms with Gasteiger partial charge in [0.25, 0.3) is 0 Å². The Morgan fingerprint density at radius 1 is 0.846 bits per heavy atom. The Morgan fingerprint density at radius 2 is 1.35 bits per heavy atom. The molecule has 0 fully saturated rings. The summed E-state index contributed by atoms with van der Waals surface area (Å²) in [6.07, 6.45) is 3.66. The maximum Gasteiger partial charge on any atom is 0.334 e. The SMILES string of the molecule is C=C(CC(=O)O)C(=O)O.C=C(CC(=O)O)C(=O)OC(CCC)CCCC. The smallest absolute Gasteiger partial charge is 0.334 e. The Hall–Kier alpha value is -2.64. The molecule has 1 unspecified atom stereocenters. The van der Waals surface area contributed by atoms with Crippen molar-refractivity contribution in [1.82, 2.24) is 0 Å². The molecule has 0 radical (unpaired) electrons. The first-order valence-electron chi connectivity index (χ1n) is 8.28. The van der Waals surface area contributed by atoms with E-state index in [1.165, 1.54) is 0 Å². The number of carbonyl (C=O) groups excluding carboxylic acids is 1. The number of unbranched alkanes of at least 4 members (excludes halogenated alkanes) is 1. The predicted octanol–water partition coefficient (Wildman–Crippen LogP) is 3.02. The topological polar surface area (TPSA) is 138 Å². The third-order valence-corrected chi connectivity index (χ3v) is 3.08. The molecule has 3 N–H and O–H groups in total. The van der Waals surface area contributed by atoms with Crippen LogP contribution in [0.25, 0.3) is 0 Å². The van der Waals surface area contributed by atoms with Crippen LogP contribution < -0.4 is 0 Å². The summed E-state index contributed by atoms with van der Waals surface area (Å²) in [4.78, 5) is 41.6. The molecule has 0 amide bonds. The predicted molar refractivity (Wildman–Crippen MR) is 94.7 cm³/mol. The van der Waals surface area contributed by atoms with Crippen molar-refractivity contribution in [2.45, 2.75) is 64.9 Å². The summed E-state index contributed by atoms with van der Waals surface area (Å²) >= 11 is 0. The first-order chi connectivity index (χ1) is 12.0. The molecule has 26 heavy (non-hydrogen) atoms. The number of hydrogen-bond donors (Lipinski definition) is 3. The Kier molecular flexibility index (Phi) is 14.5. The molecule has 0 aromatic heterocycles. The van der Waals surface area contributed by atoms with Gasteiger partial charge in [-0.25, -0.2) is 9.59 Å². The van der Waals surface area contributed by atoms with Gasteiger partial charge in [-0.15, -0.1) is 0 Å². The quantitative estimate of drug-likeness (QED) is 0.351. The van der Waals surface area contributed by atoms with E-state index in [0.717, 1.165) is 32.1 Å². The van der Waals surface area contributed by atoms with Crippen LogP contribution in [0.4, 0.5) is 0 Å². The fraction of sp³-hybridized carbons (Fsp3) is 0.556. The van der Waals surface area contributed by atoms with E-state index in [9.17, 15) is 19.2 Å². The van der Waals surface area contributed by atoms with Crippen LogP contribution in [0.5, 0.6) is 0 Å². The van der Waals surface area contributed by atoms with E-state index < -0.39 is 30.3 Å². The van der Waals surface area contributed by atoms with Gasteiger partial charge in [0, 0.05) is 11.1 Å². The minimum atomic E-state index is -1.27. The summed E-state index contributed by atoms with van der Waals surface area (Å²) in [5.41, 5.74) is -0.294. The molecule has 0 saturated carbocycles. The van der Waals surface area contributed by atoms with E-state index in [-0.39, 0.29) is 23.7 Å². The van der Waals surface area contributed by atoms with Gasteiger partial charge in [0.2, 0.25) is 0 Å². The van der Waals surface area contributed by atoms with Crippen molar-refractivity contribution < 1.29 is 39.2 Å². The molecule has 1 atom stereocenters. The van der Waals surface area contributed by atoms with Crippen molar-refractivity contribution >= 4 is 23.9 Å². The van der Waals surface area contributed by atoms with Crippen molar-refractivity contribution in [3.05, 3.63) is 24.3 Å². The molecule has 0 bridgehead atoms. The monoisotopic (exact) mass is 372 g/mol. The summed E-state index contributed by atoms with van der Waals surface area (Å²) in [5.74, 6) is -4.09. The van der Waals surface area contributed by atoms with Gasteiger partial charge in [-0.3, -0.25) is 9.59 Å². The zero-order chi connectivity index (χ0) is 20.7. The molecule has 8 nitrogen and oxygen atoms in total. The Labute approximate surface area is 153 Å². The highest BCUT2D eigenvalue weighted by Gasteiger charge is 2.17. The minimum absolute atomic E-state index is 0.00935. The summed E-state index contributed by atoms with van der Waals surface area (Å²) in [6.45, 7) is 10.6. The second-order valence-electron chi connectivity index (χ2n) is 5.61. The highest BCUT2D eigenvalue weighted by molar-refractivity contribution is 5.93. The lowest BCUT2D eigenvalue weighted by Crippen LogP contribution is -2.20. The van der Waals surface area contributed by atoms with E-state index in [2.05, 4.69) is 20.1 Å². The zero-order valence-electron chi connectivity index (χ0n) is 15.3. The van der Waals surface area contributed by atoms with Crippen molar-refractivity contribution in [2.24, 2.45) is 0 Å². The Morgan fingerprint density at radius 3 is 1.69 bits per heavy atom. The van der Waals surface area contributed by atoms with Crippen LogP contribution in [0, 0.1) is 0 Å². The number of carboxylic acid groups (broad SMARTS) is 3. The van der Waals surface area contributed by atoms with Crippen molar-refractivity contribution in [2.75, 3.05) is 0 Å². The Balaban J connectivity index is 0. The lowest BCUT2D eigenvalue weighted by molar-refractivity contribution is -0.147. The Bertz CT molecular complexity index is 521. The third kappa shape index (κ3) is 14.9. The van der Waals surface area contributed by atoms with Gasteiger partial charge >= 0.3 is 23.9 Å². The molecular weight excluding hydrogens is 344 g/mol. The van der Waals surface area contributed by atoms with Crippen LogP contribution in [0.15, 0.2) is 24.3 Å². The van der Waals surface area contributed by atoms with Crippen LogP contribution in [-0.2, 0) is 23.9 Å². The van der Waals surface area contributed by atoms with E-state index in [1.807, 2.05) is 6.92 Å². The second kappa shape index (κ2) is 14.7. The molecule has 0 aromatic rings. The largest absolute Gasteiger partial charge is 0.481 e. The second-order valence-corrected chi connectivity index (χ2v) is 5.61. The van der Waals surface area contributed by atoms with Crippen LogP contribution in [0.1, 0.15) is 58.8 Å². The highest BCUT2D eigenvalue weighted by atomic mass is 16.5. The number of carboxylic acids is 3. The normalized spacial score (nSPS) is 10.7. The van der Waals surface area contributed by atoms with Crippen molar-refractivity contribution in [3.63, 3.8) is 0 Å². The van der Waals surface area contributed by atoms with Gasteiger partial charge < -0.3 is 20.1 Å². The van der Waals surface area contributed by atoms with E-state index >= 15 is 0 Å². The van der Waals surface area contributed by atoms with Crippen LogP contribution in [0.2, 0.25) is 0 Å². The molecule has 0 aliphatic rings. The molecule has 0 aromatic carbocycles. The molecule has 0 aliphatic carbocycles. The fourth-order valence-electron chi connectivity index (χ4n) is 1.76. The molecular formula is C18H28O8. The first-order valence-corrected chi connectivity index (χ1v) is 8.28. The summed E-state index contributed by atoms with van der Waals surface area (Å²) in [5, 5.41) is 24.6. The summed E-state index contributed by atoms with van der Waals surface area (Å²) in [7, 11) is 0. The molecule has 0 heterocycles. The number of aliphatic carboxylic acids is 3. The highest BCUT2D eigenvalue weighted by Crippen LogP contribution is 2.13. The lowest BCUT2D eigenvalue weighted by atomic mass is 10.1. The molecule has 0 saturated heterocycles. The van der Waals surface area contributed by atoms with Gasteiger partial charge in [-0.05, 0) is 12.8 Å². The first kappa shape index (κ1) is 25.6. The summed E-state index contributed by atoms with van der Waals surface area (Å²) < 4.78 is 5.25. The van der Waals surface area contributed by atoms with E-state index in [0.29, 0.717) is 0 Å². The maximum atomic E-state index is 11.5. The molecule has 8 heteroatoms. The van der Waals surface area contributed by atoms with Crippen molar-refractivity contribution in [3.8, 4) is 0 Å². The number of rotatable bonds is 12. The minimum Gasteiger partial charge on any atom is -0.481 e. The number of hydrogen-bond acceptors (Lipinski definition) is 5.